The third kappa shape index (κ3) is 6.37. The number of unbranched alkanes of at least 4 members (excludes halogenated alkanes) is 1. The maximum atomic E-state index is 11.7. The zero-order chi connectivity index (χ0) is 15.7. The summed E-state index contributed by atoms with van der Waals surface area (Å²) in [5.41, 5.74) is 0.376. The number of carbonyl (C=O) groups excluding carboxylic acids is 1. The predicted molar refractivity (Wildman–Crippen MR) is 75.2 cm³/mol. The molecule has 116 valence electrons. The van der Waals surface area contributed by atoms with Gasteiger partial charge in [0.05, 0.1) is 23.8 Å². The molecule has 0 radical (unpaired) electrons. The summed E-state index contributed by atoms with van der Waals surface area (Å²) in [6, 6.07) is 5.46. The largest absolute Gasteiger partial charge is 0.478 e. The number of carboxylic acids is 1. The summed E-state index contributed by atoms with van der Waals surface area (Å²) >= 11 is 0. The molecule has 0 saturated carbocycles. The zero-order valence-corrected chi connectivity index (χ0v) is 11.7. The monoisotopic (exact) mass is 296 g/mol. The van der Waals surface area contributed by atoms with E-state index in [0.29, 0.717) is 19.3 Å². The van der Waals surface area contributed by atoms with Gasteiger partial charge in [0.25, 0.3) is 0 Å². The van der Waals surface area contributed by atoms with E-state index in [1.165, 1.54) is 24.3 Å². The first kappa shape index (κ1) is 17.1. The average molecular weight is 296 g/mol. The molecule has 1 atom stereocenters. The van der Waals surface area contributed by atoms with Gasteiger partial charge in [0.1, 0.15) is 0 Å². The van der Waals surface area contributed by atoms with Crippen molar-refractivity contribution in [3.63, 3.8) is 0 Å². The number of carbonyl (C=O) groups is 2. The van der Waals surface area contributed by atoms with Gasteiger partial charge >= 0.3 is 11.9 Å². The molecule has 1 unspecified atom stereocenters. The molecule has 1 rings (SSSR count). The number of hydrogen-bond donors (Lipinski definition) is 3. The van der Waals surface area contributed by atoms with Crippen LogP contribution < -0.4 is 0 Å². The van der Waals surface area contributed by atoms with Crippen LogP contribution in [0, 0.1) is 0 Å². The molecule has 0 aliphatic rings. The summed E-state index contributed by atoms with van der Waals surface area (Å²) in [6.45, 7) is 0.202. The van der Waals surface area contributed by atoms with Crippen LogP contribution in [0.4, 0.5) is 0 Å². The van der Waals surface area contributed by atoms with Crippen molar-refractivity contribution in [1.82, 2.24) is 0 Å². The summed E-state index contributed by atoms with van der Waals surface area (Å²) < 4.78 is 5.01. The quantitative estimate of drug-likeness (QED) is 0.471. The van der Waals surface area contributed by atoms with E-state index < -0.39 is 18.0 Å². The zero-order valence-electron chi connectivity index (χ0n) is 11.7. The van der Waals surface area contributed by atoms with Gasteiger partial charge in [-0.2, -0.15) is 0 Å². The highest BCUT2D eigenvalue weighted by atomic mass is 16.5. The minimum atomic E-state index is -1.05. The van der Waals surface area contributed by atoms with Gasteiger partial charge in [-0.15, -0.1) is 0 Å². The van der Waals surface area contributed by atoms with Crippen molar-refractivity contribution in [2.24, 2.45) is 0 Å². The van der Waals surface area contributed by atoms with E-state index in [1.54, 1.807) is 0 Å². The van der Waals surface area contributed by atoms with E-state index in [9.17, 15) is 14.7 Å². The molecule has 6 heteroatoms. The molecule has 1 aromatic rings. The van der Waals surface area contributed by atoms with Crippen molar-refractivity contribution in [3.8, 4) is 0 Å². The van der Waals surface area contributed by atoms with Gasteiger partial charge < -0.3 is 20.1 Å². The minimum Gasteiger partial charge on any atom is -0.478 e. The molecule has 0 fully saturated rings. The Kier molecular flexibility index (Phi) is 7.42. The SMILES string of the molecule is O=C(O)c1ccc(C(=O)OCCC(O)CCCCO)cc1. The summed E-state index contributed by atoms with van der Waals surface area (Å²) in [7, 11) is 0. The Morgan fingerprint density at radius 1 is 1.05 bits per heavy atom. The number of ether oxygens (including phenoxy) is 1. The normalized spacial score (nSPS) is 11.9. The molecule has 21 heavy (non-hydrogen) atoms. The van der Waals surface area contributed by atoms with E-state index in [0.717, 1.165) is 6.42 Å². The summed E-state index contributed by atoms with van der Waals surface area (Å²) in [5, 5.41) is 27.0. The maximum absolute atomic E-state index is 11.7. The Labute approximate surface area is 123 Å². The van der Waals surface area contributed by atoms with Crippen molar-refractivity contribution < 1.29 is 29.6 Å². The van der Waals surface area contributed by atoms with E-state index in [2.05, 4.69) is 0 Å². The fourth-order valence-corrected chi connectivity index (χ4v) is 1.76. The Balaban J connectivity index is 2.31. The molecule has 0 bridgehead atoms. The summed E-state index contributed by atoms with van der Waals surface area (Å²) in [4.78, 5) is 22.4. The minimum absolute atomic E-state index is 0.0970. The summed E-state index contributed by atoms with van der Waals surface area (Å²) in [6.07, 6.45) is 1.71. The first-order valence-electron chi connectivity index (χ1n) is 6.84. The first-order chi connectivity index (χ1) is 10.0. The molecule has 1 aromatic carbocycles. The highest BCUT2D eigenvalue weighted by Crippen LogP contribution is 2.08. The van der Waals surface area contributed by atoms with Crippen molar-refractivity contribution in [2.75, 3.05) is 13.2 Å². The second-order valence-corrected chi connectivity index (χ2v) is 4.68. The Morgan fingerprint density at radius 3 is 2.24 bits per heavy atom. The maximum Gasteiger partial charge on any atom is 0.338 e. The lowest BCUT2D eigenvalue weighted by molar-refractivity contribution is 0.0420. The van der Waals surface area contributed by atoms with Crippen LogP contribution in [-0.4, -0.2) is 46.6 Å². The van der Waals surface area contributed by atoms with E-state index >= 15 is 0 Å². The molecule has 0 spiro atoms. The van der Waals surface area contributed by atoms with E-state index in [4.69, 9.17) is 14.9 Å². The van der Waals surface area contributed by atoms with Crippen LogP contribution in [0.15, 0.2) is 24.3 Å². The number of aromatic carboxylic acids is 1. The third-order valence-electron chi connectivity index (χ3n) is 3.00. The lowest BCUT2D eigenvalue weighted by atomic mass is 10.1. The molecule has 0 amide bonds. The van der Waals surface area contributed by atoms with Crippen LogP contribution in [0.3, 0.4) is 0 Å². The average Bonchev–Trinajstić information content (AvgIpc) is 2.47. The molecule has 6 nitrogen and oxygen atoms in total. The Hall–Kier alpha value is -1.92. The van der Waals surface area contributed by atoms with Crippen LogP contribution in [0.5, 0.6) is 0 Å². The molecule has 3 N–H and O–H groups in total. The van der Waals surface area contributed by atoms with Crippen LogP contribution in [-0.2, 0) is 4.74 Å². The first-order valence-corrected chi connectivity index (χ1v) is 6.84. The van der Waals surface area contributed by atoms with Crippen molar-refractivity contribution >= 4 is 11.9 Å². The number of aliphatic hydroxyl groups excluding tert-OH is 2. The Morgan fingerprint density at radius 2 is 1.67 bits per heavy atom. The van der Waals surface area contributed by atoms with Gasteiger partial charge in [-0.3, -0.25) is 0 Å². The Bertz CT molecular complexity index is 454. The van der Waals surface area contributed by atoms with Crippen LogP contribution in [0.2, 0.25) is 0 Å². The fraction of sp³-hybridized carbons (Fsp3) is 0.467. The number of carboxylic acid groups (broad SMARTS) is 1. The number of aliphatic hydroxyl groups is 2. The molecular weight excluding hydrogens is 276 g/mol. The molecular formula is C15H20O6. The molecule has 0 aliphatic heterocycles. The molecule has 0 aliphatic carbocycles. The topological polar surface area (TPSA) is 104 Å². The van der Waals surface area contributed by atoms with Crippen LogP contribution in [0.1, 0.15) is 46.4 Å². The number of esters is 1. The second kappa shape index (κ2) is 9.10. The van der Waals surface area contributed by atoms with Gasteiger partial charge in [-0.05, 0) is 43.5 Å². The smallest absolute Gasteiger partial charge is 0.338 e. The predicted octanol–water partition coefficient (Wildman–Crippen LogP) is 1.46. The van der Waals surface area contributed by atoms with E-state index in [-0.39, 0.29) is 24.3 Å². The molecule has 0 saturated heterocycles. The van der Waals surface area contributed by atoms with Crippen LogP contribution >= 0.6 is 0 Å². The van der Waals surface area contributed by atoms with E-state index in [1.807, 2.05) is 0 Å². The van der Waals surface area contributed by atoms with Gasteiger partial charge in [0.2, 0.25) is 0 Å². The number of hydrogen-bond acceptors (Lipinski definition) is 5. The van der Waals surface area contributed by atoms with Crippen molar-refractivity contribution in [2.45, 2.75) is 31.8 Å². The van der Waals surface area contributed by atoms with Crippen LogP contribution in [0.25, 0.3) is 0 Å². The van der Waals surface area contributed by atoms with Crippen molar-refractivity contribution in [1.29, 1.82) is 0 Å². The third-order valence-corrected chi connectivity index (χ3v) is 3.00. The van der Waals surface area contributed by atoms with Crippen molar-refractivity contribution in [3.05, 3.63) is 35.4 Å². The number of rotatable bonds is 9. The molecule has 0 aromatic heterocycles. The molecule has 0 heterocycles. The van der Waals surface area contributed by atoms with Gasteiger partial charge in [-0.1, -0.05) is 0 Å². The van der Waals surface area contributed by atoms with Gasteiger partial charge in [-0.25, -0.2) is 9.59 Å². The van der Waals surface area contributed by atoms with Gasteiger partial charge in [0, 0.05) is 13.0 Å². The standard InChI is InChI=1S/C15H20O6/c16-9-2-1-3-13(17)8-10-21-15(20)12-6-4-11(5-7-12)14(18)19/h4-7,13,16-17H,1-3,8-10H2,(H,18,19). The van der Waals surface area contributed by atoms with Gasteiger partial charge in [0.15, 0.2) is 0 Å². The lowest BCUT2D eigenvalue weighted by Crippen LogP contribution is -2.14. The fourth-order valence-electron chi connectivity index (χ4n) is 1.76. The highest BCUT2D eigenvalue weighted by Gasteiger charge is 2.10. The second-order valence-electron chi connectivity index (χ2n) is 4.68. The number of benzene rings is 1. The lowest BCUT2D eigenvalue weighted by Gasteiger charge is -2.10. The highest BCUT2D eigenvalue weighted by molar-refractivity contribution is 5.92. The summed E-state index contributed by atoms with van der Waals surface area (Å²) in [5.74, 6) is -1.60.